The van der Waals surface area contributed by atoms with Crippen LogP contribution < -0.4 is 5.32 Å². The number of amides is 2. The fraction of sp³-hybridized carbons (Fsp3) is 0.444. The molecule has 2 aromatic rings. The third-order valence-electron chi connectivity index (χ3n) is 4.24. The van der Waals surface area contributed by atoms with E-state index in [1.54, 1.807) is 35.0 Å². The van der Waals surface area contributed by atoms with Gasteiger partial charge in [-0.1, -0.05) is 6.07 Å². The molecule has 8 heteroatoms. The molecule has 1 atom stereocenters. The molecule has 0 aromatic carbocycles. The van der Waals surface area contributed by atoms with Gasteiger partial charge in [0.2, 0.25) is 11.8 Å². The highest BCUT2D eigenvalue weighted by atomic mass is 16.5. The van der Waals surface area contributed by atoms with Gasteiger partial charge in [0.05, 0.1) is 18.8 Å². The van der Waals surface area contributed by atoms with Crippen molar-refractivity contribution in [2.45, 2.75) is 26.0 Å². The van der Waals surface area contributed by atoms with Crippen LogP contribution in [0.15, 0.2) is 36.7 Å². The van der Waals surface area contributed by atoms with Crippen molar-refractivity contribution in [1.29, 1.82) is 0 Å². The molecule has 1 N–H and O–H groups in total. The fourth-order valence-electron chi connectivity index (χ4n) is 2.86. The number of carbonyl (C=O) groups is 2. The molecule has 1 aliphatic heterocycles. The number of ether oxygens (including phenoxy) is 1. The van der Waals surface area contributed by atoms with E-state index < -0.39 is 0 Å². The number of pyridine rings is 1. The van der Waals surface area contributed by atoms with Crippen molar-refractivity contribution in [3.05, 3.63) is 48.0 Å². The molecule has 3 rings (SSSR count). The predicted octanol–water partition coefficient (Wildman–Crippen LogP) is 0.557. The van der Waals surface area contributed by atoms with Crippen LogP contribution in [0.25, 0.3) is 0 Å². The minimum Gasteiger partial charge on any atom is -0.368 e. The van der Waals surface area contributed by atoms with E-state index in [9.17, 15) is 9.59 Å². The van der Waals surface area contributed by atoms with Crippen LogP contribution in [0.3, 0.4) is 0 Å². The lowest BCUT2D eigenvalue weighted by molar-refractivity contribution is -0.136. The van der Waals surface area contributed by atoms with Gasteiger partial charge in [0.25, 0.3) is 0 Å². The van der Waals surface area contributed by atoms with Gasteiger partial charge >= 0.3 is 0 Å². The second kappa shape index (κ2) is 8.57. The molecule has 0 bridgehead atoms. The quantitative estimate of drug-likeness (QED) is 0.816. The highest BCUT2D eigenvalue weighted by molar-refractivity contribution is 5.75. The van der Waals surface area contributed by atoms with Gasteiger partial charge in [-0.15, -0.1) is 0 Å². The van der Waals surface area contributed by atoms with Gasteiger partial charge in [0, 0.05) is 44.5 Å². The number of aromatic nitrogens is 3. The molecular weight excluding hydrogens is 334 g/mol. The minimum absolute atomic E-state index is 0.0503. The number of carbonyl (C=O) groups excluding carboxylic acids is 2. The molecular formula is C18H23N5O3. The molecule has 1 fully saturated rings. The van der Waals surface area contributed by atoms with Crippen molar-refractivity contribution in [3.63, 3.8) is 0 Å². The SMILES string of the molecule is CC(=O)N1CCOC(c2cccc(CCNC(=O)Cn3cccn3)n2)C1. The molecule has 1 aliphatic rings. The fourth-order valence-corrected chi connectivity index (χ4v) is 2.86. The molecule has 0 radical (unpaired) electrons. The Labute approximate surface area is 152 Å². The van der Waals surface area contributed by atoms with Crippen LogP contribution in [0.5, 0.6) is 0 Å². The average molecular weight is 357 g/mol. The summed E-state index contributed by atoms with van der Waals surface area (Å²) in [6.45, 7) is 3.93. The average Bonchev–Trinajstić information content (AvgIpc) is 3.15. The first-order chi connectivity index (χ1) is 12.6. The van der Waals surface area contributed by atoms with E-state index in [0.717, 1.165) is 11.4 Å². The first-order valence-electron chi connectivity index (χ1n) is 8.69. The Hall–Kier alpha value is -2.74. The molecule has 8 nitrogen and oxygen atoms in total. The third-order valence-corrected chi connectivity index (χ3v) is 4.24. The summed E-state index contributed by atoms with van der Waals surface area (Å²) in [7, 11) is 0. The minimum atomic E-state index is -0.206. The smallest absolute Gasteiger partial charge is 0.241 e. The Morgan fingerprint density at radius 2 is 2.23 bits per heavy atom. The Morgan fingerprint density at radius 3 is 3.00 bits per heavy atom. The largest absolute Gasteiger partial charge is 0.368 e. The molecule has 0 aliphatic carbocycles. The molecule has 26 heavy (non-hydrogen) atoms. The molecule has 1 unspecified atom stereocenters. The lowest BCUT2D eigenvalue weighted by Gasteiger charge is -2.32. The van der Waals surface area contributed by atoms with Crippen LogP contribution >= 0.6 is 0 Å². The first-order valence-corrected chi connectivity index (χ1v) is 8.69. The van der Waals surface area contributed by atoms with Gasteiger partial charge < -0.3 is 15.0 Å². The summed E-state index contributed by atoms with van der Waals surface area (Å²) in [5.74, 6) is -0.0353. The number of nitrogens with zero attached hydrogens (tertiary/aromatic N) is 4. The molecule has 0 spiro atoms. The zero-order chi connectivity index (χ0) is 18.4. The van der Waals surface area contributed by atoms with Crippen molar-refractivity contribution in [3.8, 4) is 0 Å². The maximum absolute atomic E-state index is 11.9. The van der Waals surface area contributed by atoms with Crippen LogP contribution in [0.1, 0.15) is 24.4 Å². The van der Waals surface area contributed by atoms with Crippen molar-refractivity contribution < 1.29 is 14.3 Å². The Bertz CT molecular complexity index is 747. The molecule has 0 saturated carbocycles. The topological polar surface area (TPSA) is 89.4 Å². The van der Waals surface area contributed by atoms with E-state index >= 15 is 0 Å². The van der Waals surface area contributed by atoms with E-state index in [-0.39, 0.29) is 24.5 Å². The second-order valence-corrected chi connectivity index (χ2v) is 6.18. The summed E-state index contributed by atoms with van der Waals surface area (Å²) in [5.41, 5.74) is 1.70. The first kappa shape index (κ1) is 18.1. The predicted molar refractivity (Wildman–Crippen MR) is 94.1 cm³/mol. The summed E-state index contributed by atoms with van der Waals surface area (Å²) < 4.78 is 7.34. The summed E-state index contributed by atoms with van der Waals surface area (Å²) in [6, 6.07) is 7.55. The van der Waals surface area contributed by atoms with Crippen LogP contribution in [0, 0.1) is 0 Å². The van der Waals surface area contributed by atoms with Crippen molar-refractivity contribution in [2.24, 2.45) is 0 Å². The summed E-state index contributed by atoms with van der Waals surface area (Å²) in [4.78, 5) is 29.8. The lowest BCUT2D eigenvalue weighted by Crippen LogP contribution is -2.41. The Morgan fingerprint density at radius 1 is 1.35 bits per heavy atom. The lowest BCUT2D eigenvalue weighted by atomic mass is 10.1. The van der Waals surface area contributed by atoms with Gasteiger partial charge in [-0.05, 0) is 18.2 Å². The Kier molecular flexibility index (Phi) is 5.96. The maximum atomic E-state index is 11.9. The van der Waals surface area contributed by atoms with E-state index in [1.807, 2.05) is 18.2 Å². The number of nitrogens with one attached hydrogen (secondary N) is 1. The number of hydrogen-bond donors (Lipinski definition) is 1. The summed E-state index contributed by atoms with van der Waals surface area (Å²) in [5, 5.41) is 6.87. The van der Waals surface area contributed by atoms with Crippen LogP contribution in [-0.4, -0.2) is 57.7 Å². The van der Waals surface area contributed by atoms with Crippen LogP contribution in [-0.2, 0) is 27.3 Å². The highest BCUT2D eigenvalue weighted by Gasteiger charge is 2.24. The highest BCUT2D eigenvalue weighted by Crippen LogP contribution is 2.20. The molecule has 2 aromatic heterocycles. The summed E-state index contributed by atoms with van der Waals surface area (Å²) >= 11 is 0. The van der Waals surface area contributed by atoms with Gasteiger partial charge in [0.1, 0.15) is 12.6 Å². The molecule has 138 valence electrons. The van der Waals surface area contributed by atoms with E-state index in [4.69, 9.17) is 4.74 Å². The number of rotatable bonds is 6. The maximum Gasteiger partial charge on any atom is 0.241 e. The zero-order valence-corrected chi connectivity index (χ0v) is 14.8. The van der Waals surface area contributed by atoms with Gasteiger partial charge in [0.15, 0.2) is 0 Å². The van der Waals surface area contributed by atoms with Crippen molar-refractivity contribution in [1.82, 2.24) is 25.0 Å². The van der Waals surface area contributed by atoms with Gasteiger partial charge in [-0.2, -0.15) is 5.10 Å². The van der Waals surface area contributed by atoms with Gasteiger partial charge in [-0.3, -0.25) is 19.3 Å². The Balaban J connectivity index is 1.51. The van der Waals surface area contributed by atoms with Crippen LogP contribution in [0.2, 0.25) is 0 Å². The molecule has 2 amide bonds. The standard InChI is InChI=1S/C18H23N5O3/c1-14(24)22-10-11-26-17(12-22)16-5-2-4-15(21-16)6-8-19-18(25)13-23-9-3-7-20-23/h2-5,7,9,17H,6,8,10-13H2,1H3,(H,19,25). The van der Waals surface area contributed by atoms with Crippen molar-refractivity contribution >= 4 is 11.8 Å². The van der Waals surface area contributed by atoms with E-state index in [2.05, 4.69) is 15.4 Å². The van der Waals surface area contributed by atoms with Crippen LogP contribution in [0.4, 0.5) is 0 Å². The van der Waals surface area contributed by atoms with E-state index in [1.165, 1.54) is 0 Å². The molecule has 1 saturated heterocycles. The second-order valence-electron chi connectivity index (χ2n) is 6.18. The number of hydrogen-bond acceptors (Lipinski definition) is 5. The third kappa shape index (κ3) is 4.89. The molecule has 3 heterocycles. The normalized spacial score (nSPS) is 17.1. The number of morpholine rings is 1. The zero-order valence-electron chi connectivity index (χ0n) is 14.8. The van der Waals surface area contributed by atoms with Gasteiger partial charge in [-0.25, -0.2) is 0 Å². The monoisotopic (exact) mass is 357 g/mol. The van der Waals surface area contributed by atoms with E-state index in [0.29, 0.717) is 32.7 Å². The van der Waals surface area contributed by atoms with Crippen molar-refractivity contribution in [2.75, 3.05) is 26.2 Å². The summed E-state index contributed by atoms with van der Waals surface area (Å²) in [6.07, 6.45) is 3.81.